The van der Waals surface area contributed by atoms with Crippen molar-refractivity contribution < 1.29 is 10.2 Å². The highest BCUT2D eigenvalue weighted by atomic mass is 16.3. The lowest BCUT2D eigenvalue weighted by molar-refractivity contribution is 0.247. The van der Waals surface area contributed by atoms with Crippen molar-refractivity contribution in [3.63, 3.8) is 0 Å². The fourth-order valence-electron chi connectivity index (χ4n) is 4.40. The number of rotatable bonds is 4. The van der Waals surface area contributed by atoms with Crippen molar-refractivity contribution in [1.29, 1.82) is 0 Å². The van der Waals surface area contributed by atoms with Gasteiger partial charge in [0.1, 0.15) is 11.5 Å². The maximum atomic E-state index is 9.94. The van der Waals surface area contributed by atoms with E-state index in [1.54, 1.807) is 12.1 Å². The molecule has 3 N–H and O–H groups in total. The number of hydrogen-bond donors (Lipinski definition) is 3. The molecule has 0 radical (unpaired) electrons. The molecule has 5 atom stereocenters. The summed E-state index contributed by atoms with van der Waals surface area (Å²) < 4.78 is 0. The van der Waals surface area contributed by atoms with Crippen LogP contribution < -0.4 is 5.32 Å². The minimum absolute atomic E-state index is 0.0521. The van der Waals surface area contributed by atoms with Gasteiger partial charge >= 0.3 is 0 Å². The van der Waals surface area contributed by atoms with Gasteiger partial charge in [0.05, 0.1) is 0 Å². The van der Waals surface area contributed by atoms with E-state index in [0.29, 0.717) is 6.04 Å². The van der Waals surface area contributed by atoms with E-state index in [0.717, 1.165) is 23.3 Å². The van der Waals surface area contributed by atoms with Gasteiger partial charge in [-0.1, -0.05) is 6.42 Å². The zero-order valence-electron chi connectivity index (χ0n) is 12.3. The second-order valence-electron chi connectivity index (χ2n) is 6.76. The van der Waals surface area contributed by atoms with Gasteiger partial charge in [0.2, 0.25) is 0 Å². The molecule has 2 aliphatic carbocycles. The zero-order chi connectivity index (χ0) is 14.3. The third kappa shape index (κ3) is 2.51. The van der Waals surface area contributed by atoms with Crippen LogP contribution >= 0.6 is 0 Å². The molecule has 0 aromatic heterocycles. The van der Waals surface area contributed by atoms with Crippen molar-refractivity contribution >= 4 is 0 Å². The molecule has 110 valence electrons. The van der Waals surface area contributed by atoms with Crippen LogP contribution in [-0.4, -0.2) is 16.3 Å². The lowest BCUT2D eigenvalue weighted by atomic mass is 9.83. The van der Waals surface area contributed by atoms with Crippen molar-refractivity contribution in [1.82, 2.24) is 5.32 Å². The van der Waals surface area contributed by atoms with E-state index >= 15 is 0 Å². The maximum absolute atomic E-state index is 9.94. The molecular formula is C17H25NO2. The molecule has 0 heterocycles. The summed E-state index contributed by atoms with van der Waals surface area (Å²) in [6.45, 7) is 4.32. The van der Waals surface area contributed by atoms with Crippen LogP contribution in [0.1, 0.15) is 51.1 Å². The standard InChI is InChI=1S/C17H25NO2/c1-10(15-8-12-3-4-13(15)7-12)18-11(2)16-9-14(19)5-6-17(16)20/h5-6,9-13,15,18-20H,3-4,7-8H2,1-2H3. The van der Waals surface area contributed by atoms with Gasteiger partial charge in [0.25, 0.3) is 0 Å². The second-order valence-corrected chi connectivity index (χ2v) is 6.76. The quantitative estimate of drug-likeness (QED) is 0.736. The number of fused-ring (bicyclic) bond motifs is 2. The van der Waals surface area contributed by atoms with E-state index in [9.17, 15) is 10.2 Å². The Hall–Kier alpha value is -1.22. The highest BCUT2D eigenvalue weighted by molar-refractivity contribution is 5.40. The Labute approximate surface area is 121 Å². The summed E-state index contributed by atoms with van der Waals surface area (Å²) in [5.74, 6) is 3.09. The zero-order valence-corrected chi connectivity index (χ0v) is 12.3. The third-order valence-corrected chi connectivity index (χ3v) is 5.43. The molecule has 3 nitrogen and oxygen atoms in total. The summed E-state index contributed by atoms with van der Waals surface area (Å²) in [6.07, 6.45) is 5.60. The minimum atomic E-state index is 0.0521. The second kappa shape index (κ2) is 5.28. The fraction of sp³-hybridized carbons (Fsp3) is 0.647. The van der Waals surface area contributed by atoms with E-state index in [2.05, 4.69) is 19.2 Å². The van der Waals surface area contributed by atoms with Crippen molar-refractivity contribution in [2.75, 3.05) is 0 Å². The summed E-state index contributed by atoms with van der Waals surface area (Å²) in [6, 6.07) is 5.24. The Bertz CT molecular complexity index is 488. The van der Waals surface area contributed by atoms with E-state index in [-0.39, 0.29) is 17.5 Å². The molecule has 2 saturated carbocycles. The van der Waals surface area contributed by atoms with E-state index in [4.69, 9.17) is 0 Å². The molecule has 0 spiro atoms. The lowest BCUT2D eigenvalue weighted by Gasteiger charge is -2.31. The van der Waals surface area contributed by atoms with Crippen LogP contribution in [0.25, 0.3) is 0 Å². The van der Waals surface area contributed by atoms with Gasteiger partial charge in [0.15, 0.2) is 0 Å². The third-order valence-electron chi connectivity index (χ3n) is 5.43. The molecule has 3 rings (SSSR count). The van der Waals surface area contributed by atoms with E-state index in [1.807, 2.05) is 0 Å². The topological polar surface area (TPSA) is 52.5 Å². The average molecular weight is 275 g/mol. The highest BCUT2D eigenvalue weighted by Crippen LogP contribution is 2.49. The van der Waals surface area contributed by atoms with Gasteiger partial charge in [-0.25, -0.2) is 0 Å². The number of hydrogen-bond acceptors (Lipinski definition) is 3. The smallest absolute Gasteiger partial charge is 0.120 e. The lowest BCUT2D eigenvalue weighted by Crippen LogP contribution is -2.37. The summed E-state index contributed by atoms with van der Waals surface area (Å²) in [7, 11) is 0. The summed E-state index contributed by atoms with van der Waals surface area (Å²) in [5, 5.41) is 23.1. The molecule has 0 aliphatic heterocycles. The first-order valence-corrected chi connectivity index (χ1v) is 7.82. The normalized spacial score (nSPS) is 31.4. The van der Waals surface area contributed by atoms with Gasteiger partial charge < -0.3 is 15.5 Å². The Morgan fingerprint density at radius 2 is 1.95 bits per heavy atom. The van der Waals surface area contributed by atoms with Crippen LogP contribution in [-0.2, 0) is 0 Å². The molecule has 5 unspecified atom stereocenters. The molecule has 0 saturated heterocycles. The first-order valence-electron chi connectivity index (χ1n) is 7.82. The Kier molecular flexibility index (Phi) is 3.63. The molecule has 20 heavy (non-hydrogen) atoms. The van der Waals surface area contributed by atoms with Crippen molar-refractivity contribution in [3.8, 4) is 11.5 Å². The van der Waals surface area contributed by atoms with Gasteiger partial charge in [0, 0.05) is 17.6 Å². The fourth-order valence-corrected chi connectivity index (χ4v) is 4.40. The average Bonchev–Trinajstić information content (AvgIpc) is 3.03. The Morgan fingerprint density at radius 3 is 2.60 bits per heavy atom. The molecule has 2 bridgehead atoms. The van der Waals surface area contributed by atoms with Crippen LogP contribution in [0.3, 0.4) is 0 Å². The monoisotopic (exact) mass is 275 g/mol. The molecule has 2 fully saturated rings. The van der Waals surface area contributed by atoms with Gasteiger partial charge in [-0.15, -0.1) is 0 Å². The number of nitrogens with one attached hydrogen (secondary N) is 1. The van der Waals surface area contributed by atoms with Gasteiger partial charge in [-0.3, -0.25) is 0 Å². The van der Waals surface area contributed by atoms with Crippen LogP contribution in [0.5, 0.6) is 11.5 Å². The number of phenolic OH excluding ortho intramolecular Hbond substituents is 2. The molecule has 2 aliphatic rings. The molecule has 0 amide bonds. The van der Waals surface area contributed by atoms with E-state index < -0.39 is 0 Å². The predicted molar refractivity (Wildman–Crippen MR) is 79.7 cm³/mol. The number of benzene rings is 1. The highest BCUT2D eigenvalue weighted by Gasteiger charge is 2.41. The summed E-state index contributed by atoms with van der Waals surface area (Å²) in [5.41, 5.74) is 0.778. The van der Waals surface area contributed by atoms with Gasteiger partial charge in [-0.05, 0) is 69.1 Å². The SMILES string of the molecule is CC(NC(C)C1CC2CCC1C2)c1cc(O)ccc1O. The minimum Gasteiger partial charge on any atom is -0.508 e. The van der Waals surface area contributed by atoms with Crippen LogP contribution in [0.15, 0.2) is 18.2 Å². The Balaban J connectivity index is 1.66. The molecule has 1 aromatic carbocycles. The number of aromatic hydroxyl groups is 2. The summed E-state index contributed by atoms with van der Waals surface area (Å²) >= 11 is 0. The Morgan fingerprint density at radius 1 is 1.15 bits per heavy atom. The number of phenols is 2. The van der Waals surface area contributed by atoms with Crippen LogP contribution in [0.2, 0.25) is 0 Å². The van der Waals surface area contributed by atoms with Crippen LogP contribution in [0, 0.1) is 17.8 Å². The van der Waals surface area contributed by atoms with Crippen molar-refractivity contribution in [2.24, 2.45) is 17.8 Å². The molecular weight excluding hydrogens is 250 g/mol. The van der Waals surface area contributed by atoms with E-state index in [1.165, 1.54) is 31.7 Å². The maximum Gasteiger partial charge on any atom is 0.120 e. The predicted octanol–water partition coefficient (Wildman–Crippen LogP) is 3.57. The first kappa shape index (κ1) is 13.7. The van der Waals surface area contributed by atoms with Gasteiger partial charge in [-0.2, -0.15) is 0 Å². The van der Waals surface area contributed by atoms with Crippen molar-refractivity contribution in [2.45, 2.75) is 51.6 Å². The van der Waals surface area contributed by atoms with Crippen LogP contribution in [0.4, 0.5) is 0 Å². The van der Waals surface area contributed by atoms with Crippen molar-refractivity contribution in [3.05, 3.63) is 23.8 Å². The first-order chi connectivity index (χ1) is 9.54. The largest absolute Gasteiger partial charge is 0.508 e. The molecule has 3 heteroatoms. The summed E-state index contributed by atoms with van der Waals surface area (Å²) in [4.78, 5) is 0. The molecule has 1 aromatic rings.